The van der Waals surface area contributed by atoms with Crippen LogP contribution < -0.4 is 14.9 Å². The van der Waals surface area contributed by atoms with Crippen molar-refractivity contribution in [2.24, 2.45) is 4.99 Å². The Kier molecular flexibility index (Phi) is 7.91. The van der Waals surface area contributed by atoms with E-state index in [1.54, 1.807) is 47.5 Å². The monoisotopic (exact) mass is 580 g/mol. The van der Waals surface area contributed by atoms with Gasteiger partial charge in [0.1, 0.15) is 0 Å². The third-order valence-corrected chi connectivity index (χ3v) is 8.63. The number of nitrogens with zero attached hydrogens (tertiary/aromatic N) is 2. The summed E-state index contributed by atoms with van der Waals surface area (Å²) in [5.41, 5.74) is 2.68. The van der Waals surface area contributed by atoms with Gasteiger partial charge in [-0.2, -0.15) is 0 Å². The number of hydrogen-bond donors (Lipinski definition) is 0. The molecule has 1 atom stereocenters. The highest BCUT2D eigenvalue weighted by Gasteiger charge is 2.35. The van der Waals surface area contributed by atoms with Gasteiger partial charge in [0, 0.05) is 10.5 Å². The molecule has 0 amide bonds. The van der Waals surface area contributed by atoms with Gasteiger partial charge in [0.05, 0.1) is 38.5 Å². The van der Waals surface area contributed by atoms with Gasteiger partial charge in [-0.05, 0) is 48.6 Å². The maximum atomic E-state index is 13.9. The van der Waals surface area contributed by atoms with Crippen LogP contribution in [0, 0.1) is 0 Å². The number of thioether (sulfide) groups is 1. The molecule has 0 radical (unpaired) electrons. The minimum absolute atomic E-state index is 0.195. The minimum Gasteiger partial charge on any atom is -0.463 e. The van der Waals surface area contributed by atoms with Crippen LogP contribution in [0.4, 0.5) is 0 Å². The lowest BCUT2D eigenvalue weighted by Crippen LogP contribution is -2.40. The highest BCUT2D eigenvalue weighted by atomic mass is 35.5. The Balaban J connectivity index is 1.83. The second-order valence-electron chi connectivity index (χ2n) is 8.35. The first kappa shape index (κ1) is 26.5. The Morgan fingerprint density at radius 3 is 2.50 bits per heavy atom. The fraction of sp³-hybridized carbons (Fsp3) is 0.138. The van der Waals surface area contributed by atoms with E-state index in [1.165, 1.54) is 11.3 Å². The summed E-state index contributed by atoms with van der Waals surface area (Å²) in [6.45, 7) is 1.95. The predicted molar refractivity (Wildman–Crippen MR) is 156 cm³/mol. The van der Waals surface area contributed by atoms with Crippen LogP contribution in [0.15, 0.2) is 93.1 Å². The molecule has 5 rings (SSSR count). The lowest BCUT2D eigenvalue weighted by molar-refractivity contribution is -0.138. The van der Waals surface area contributed by atoms with Crippen LogP contribution in [-0.4, -0.2) is 23.4 Å². The second kappa shape index (κ2) is 11.3. The molecule has 1 aliphatic rings. The molecule has 0 saturated heterocycles. The summed E-state index contributed by atoms with van der Waals surface area (Å²) in [6, 6.07) is 21.8. The zero-order valence-corrected chi connectivity index (χ0v) is 23.6. The number of thiazole rings is 1. The number of carbonyl (C=O) groups excluding carboxylic acids is 1. The van der Waals surface area contributed by atoms with Crippen LogP contribution in [0.1, 0.15) is 29.7 Å². The number of benzene rings is 3. The number of fused-ring (bicyclic) bond motifs is 1. The fourth-order valence-corrected chi connectivity index (χ4v) is 6.08. The summed E-state index contributed by atoms with van der Waals surface area (Å²) >= 11 is 15.5. The number of rotatable bonds is 6. The predicted octanol–water partition coefficient (Wildman–Crippen LogP) is 5.96. The van der Waals surface area contributed by atoms with Gasteiger partial charge in [-0.3, -0.25) is 9.36 Å². The molecule has 0 bridgehead atoms. The quantitative estimate of drug-likeness (QED) is 0.208. The largest absolute Gasteiger partial charge is 0.463 e. The summed E-state index contributed by atoms with van der Waals surface area (Å²) < 4.78 is 7.50. The van der Waals surface area contributed by atoms with Gasteiger partial charge in [-0.1, -0.05) is 89.1 Å². The first-order valence-electron chi connectivity index (χ1n) is 11.8. The average Bonchev–Trinajstić information content (AvgIpc) is 3.25. The van der Waals surface area contributed by atoms with Crippen LogP contribution >= 0.6 is 46.3 Å². The van der Waals surface area contributed by atoms with Crippen LogP contribution in [-0.2, 0) is 9.53 Å². The lowest BCUT2D eigenvalue weighted by atomic mass is 9.93. The van der Waals surface area contributed by atoms with E-state index in [9.17, 15) is 9.59 Å². The molecule has 38 heavy (non-hydrogen) atoms. The molecular weight excluding hydrogens is 559 g/mol. The molecule has 4 aromatic rings. The van der Waals surface area contributed by atoms with Crippen LogP contribution in [0.25, 0.3) is 11.8 Å². The van der Waals surface area contributed by atoms with Gasteiger partial charge in [-0.15, -0.1) is 11.8 Å². The standard InChI is InChI=1S/C29H22Cl2N2O3S2/c1-3-36-28(35)23-25(17-8-5-4-6-9-17)32-29-33(26(23)18-12-14-20(37-2)15-13-18)27(34)22(38-29)16-19-10-7-11-21(30)24(19)31/h4-16,26H,3H2,1-2H3/b22-16-/t26-/m1/s1. The molecule has 0 N–H and O–H groups in total. The van der Waals surface area contributed by atoms with Gasteiger partial charge in [-0.25, -0.2) is 9.79 Å². The van der Waals surface area contributed by atoms with E-state index in [0.29, 0.717) is 36.2 Å². The van der Waals surface area contributed by atoms with Gasteiger partial charge >= 0.3 is 5.97 Å². The Morgan fingerprint density at radius 2 is 1.82 bits per heavy atom. The Labute approximate surface area is 237 Å². The van der Waals surface area contributed by atoms with E-state index in [4.69, 9.17) is 32.9 Å². The van der Waals surface area contributed by atoms with E-state index in [2.05, 4.69) is 0 Å². The van der Waals surface area contributed by atoms with E-state index in [1.807, 2.05) is 60.9 Å². The van der Waals surface area contributed by atoms with Gasteiger partial charge in [0.15, 0.2) is 4.80 Å². The van der Waals surface area contributed by atoms with Crippen LogP contribution in [0.5, 0.6) is 0 Å². The van der Waals surface area contributed by atoms with Gasteiger partial charge in [0.2, 0.25) is 0 Å². The van der Waals surface area contributed by atoms with E-state index < -0.39 is 12.0 Å². The van der Waals surface area contributed by atoms with Crippen molar-refractivity contribution in [3.05, 3.63) is 125 Å². The summed E-state index contributed by atoms with van der Waals surface area (Å²) in [5, 5.41) is 0.761. The second-order valence-corrected chi connectivity index (χ2v) is 11.0. The smallest absolute Gasteiger partial charge is 0.338 e. The van der Waals surface area contributed by atoms with Crippen LogP contribution in [0.3, 0.4) is 0 Å². The number of esters is 1. The number of ether oxygens (including phenoxy) is 1. The first-order chi connectivity index (χ1) is 18.4. The lowest BCUT2D eigenvalue weighted by Gasteiger charge is -2.26. The van der Waals surface area contributed by atoms with E-state index >= 15 is 0 Å². The zero-order chi connectivity index (χ0) is 26.8. The molecule has 1 aromatic heterocycles. The topological polar surface area (TPSA) is 60.7 Å². The number of halogens is 2. The summed E-state index contributed by atoms with van der Waals surface area (Å²) in [6.07, 6.45) is 3.71. The summed E-state index contributed by atoms with van der Waals surface area (Å²) in [4.78, 5) is 33.8. The van der Waals surface area contributed by atoms with Crippen molar-refractivity contribution in [3.63, 3.8) is 0 Å². The number of hydrogen-bond acceptors (Lipinski definition) is 6. The molecule has 0 saturated carbocycles. The maximum Gasteiger partial charge on any atom is 0.338 e. The average molecular weight is 582 g/mol. The maximum absolute atomic E-state index is 13.9. The molecule has 0 fully saturated rings. The fourth-order valence-electron chi connectivity index (χ4n) is 4.32. The molecule has 0 unspecified atom stereocenters. The van der Waals surface area contributed by atoms with Crippen molar-refractivity contribution >= 4 is 64.0 Å². The van der Waals surface area contributed by atoms with Crippen LogP contribution in [0.2, 0.25) is 10.0 Å². The van der Waals surface area contributed by atoms with Crippen molar-refractivity contribution in [1.29, 1.82) is 0 Å². The third-order valence-electron chi connectivity index (χ3n) is 6.07. The SMILES string of the molecule is CCOC(=O)C1=C(c2ccccc2)N=c2s/c(=C\c3cccc(Cl)c3Cl)c(=O)n2[C@@H]1c1ccc(SC)cc1. The van der Waals surface area contributed by atoms with E-state index in [0.717, 1.165) is 16.0 Å². The van der Waals surface area contributed by atoms with Gasteiger partial charge < -0.3 is 4.74 Å². The first-order valence-corrected chi connectivity index (χ1v) is 14.6. The molecule has 1 aliphatic heterocycles. The Bertz CT molecular complexity index is 1730. The molecular formula is C29H22Cl2N2O3S2. The number of aromatic nitrogens is 1. The minimum atomic E-state index is -0.728. The molecule has 192 valence electrons. The van der Waals surface area contributed by atoms with Gasteiger partial charge in [0.25, 0.3) is 5.56 Å². The molecule has 3 aromatic carbocycles. The van der Waals surface area contributed by atoms with Crippen molar-refractivity contribution in [2.45, 2.75) is 17.9 Å². The van der Waals surface area contributed by atoms with Crippen molar-refractivity contribution in [1.82, 2.24) is 4.57 Å². The Hall–Kier alpha value is -3.10. The van der Waals surface area contributed by atoms with Crippen molar-refractivity contribution in [2.75, 3.05) is 12.9 Å². The normalized spacial score (nSPS) is 15.3. The Morgan fingerprint density at radius 1 is 1.08 bits per heavy atom. The molecule has 2 heterocycles. The summed E-state index contributed by atoms with van der Waals surface area (Å²) in [5.74, 6) is -0.513. The molecule has 9 heteroatoms. The van der Waals surface area contributed by atoms with Crippen molar-refractivity contribution in [3.8, 4) is 0 Å². The molecule has 5 nitrogen and oxygen atoms in total. The van der Waals surface area contributed by atoms with Crippen molar-refractivity contribution < 1.29 is 9.53 Å². The highest BCUT2D eigenvalue weighted by Crippen LogP contribution is 2.35. The van der Waals surface area contributed by atoms with E-state index in [-0.39, 0.29) is 12.2 Å². The molecule has 0 spiro atoms. The zero-order valence-electron chi connectivity index (χ0n) is 20.5. The summed E-state index contributed by atoms with van der Waals surface area (Å²) in [7, 11) is 0. The molecule has 0 aliphatic carbocycles. The number of carbonyl (C=O) groups is 1. The highest BCUT2D eigenvalue weighted by molar-refractivity contribution is 7.98. The third kappa shape index (κ3) is 4.99.